The molecule has 0 aliphatic carbocycles. The van der Waals surface area contributed by atoms with E-state index in [0.29, 0.717) is 36.6 Å². The van der Waals surface area contributed by atoms with Gasteiger partial charge in [0.1, 0.15) is 11.6 Å². The molecule has 0 unspecified atom stereocenters. The molecule has 1 heterocycles. The van der Waals surface area contributed by atoms with Crippen LogP contribution in [0.5, 0.6) is 5.75 Å². The molecule has 1 aliphatic heterocycles. The smallest absolute Gasteiger partial charge is 0.256 e. The van der Waals surface area contributed by atoms with Gasteiger partial charge in [-0.3, -0.25) is 4.79 Å². The Kier molecular flexibility index (Phi) is 6.18. The maximum atomic E-state index is 14.0. The van der Waals surface area contributed by atoms with Crippen LogP contribution in [0.2, 0.25) is 0 Å². The first-order valence-electron chi connectivity index (χ1n) is 8.40. The van der Waals surface area contributed by atoms with Crippen LogP contribution in [-0.2, 0) is 11.3 Å². The minimum atomic E-state index is -1.41. The summed E-state index contributed by atoms with van der Waals surface area (Å²) in [6.45, 7) is 5.74. The van der Waals surface area contributed by atoms with E-state index in [1.54, 1.807) is 12.1 Å². The van der Waals surface area contributed by atoms with Gasteiger partial charge < -0.3 is 20.1 Å². The molecule has 0 spiro atoms. The number of piperidine rings is 1. The standard InChI is InChI=1S/C18H27FN2O3/c1-13(2)10-20-12-18(23)7-4-8-21(17(18)22)11-14-9-15(24-3)5-6-16(14)19/h5-6,9,13,20,23H,4,7-8,10-12H2,1-3H3/t18-/m0/s1. The van der Waals surface area contributed by atoms with Crippen LogP contribution >= 0.6 is 0 Å². The summed E-state index contributed by atoms with van der Waals surface area (Å²) in [6, 6.07) is 4.47. The molecule has 0 radical (unpaired) electrons. The lowest BCUT2D eigenvalue weighted by Crippen LogP contribution is -2.58. The maximum absolute atomic E-state index is 14.0. The summed E-state index contributed by atoms with van der Waals surface area (Å²) in [5, 5.41) is 13.8. The number of aliphatic hydroxyl groups is 1. The Balaban J connectivity index is 2.07. The number of methoxy groups -OCH3 is 1. The molecular formula is C18H27FN2O3. The number of ether oxygens (including phenoxy) is 1. The molecule has 1 fully saturated rings. The van der Waals surface area contributed by atoms with E-state index < -0.39 is 5.60 Å². The van der Waals surface area contributed by atoms with Gasteiger partial charge in [-0.1, -0.05) is 13.8 Å². The van der Waals surface area contributed by atoms with Gasteiger partial charge in [-0.2, -0.15) is 0 Å². The van der Waals surface area contributed by atoms with Gasteiger partial charge >= 0.3 is 0 Å². The molecule has 24 heavy (non-hydrogen) atoms. The molecule has 1 aromatic carbocycles. The van der Waals surface area contributed by atoms with E-state index in [-0.39, 0.29) is 24.8 Å². The van der Waals surface area contributed by atoms with Crippen LogP contribution in [-0.4, -0.2) is 48.3 Å². The van der Waals surface area contributed by atoms with Crippen LogP contribution in [0.1, 0.15) is 32.3 Å². The van der Waals surface area contributed by atoms with Gasteiger partial charge in [-0.15, -0.1) is 0 Å². The highest BCUT2D eigenvalue weighted by Gasteiger charge is 2.41. The summed E-state index contributed by atoms with van der Waals surface area (Å²) >= 11 is 0. The molecule has 0 aromatic heterocycles. The quantitative estimate of drug-likeness (QED) is 0.797. The van der Waals surface area contributed by atoms with E-state index >= 15 is 0 Å². The average Bonchev–Trinajstić information content (AvgIpc) is 2.53. The zero-order valence-corrected chi connectivity index (χ0v) is 14.6. The number of carbonyl (C=O) groups is 1. The number of nitrogens with one attached hydrogen (secondary N) is 1. The van der Waals surface area contributed by atoms with Crippen molar-refractivity contribution >= 4 is 5.91 Å². The SMILES string of the molecule is COc1ccc(F)c(CN2CCC[C@](O)(CNCC(C)C)C2=O)c1. The molecule has 2 rings (SSSR count). The number of rotatable bonds is 7. The van der Waals surface area contributed by atoms with E-state index in [4.69, 9.17) is 4.74 Å². The van der Waals surface area contributed by atoms with E-state index in [1.165, 1.54) is 18.1 Å². The van der Waals surface area contributed by atoms with Crippen molar-refractivity contribution in [2.75, 3.05) is 26.7 Å². The summed E-state index contributed by atoms with van der Waals surface area (Å²) in [4.78, 5) is 14.2. The Morgan fingerprint density at radius 3 is 2.88 bits per heavy atom. The zero-order chi connectivity index (χ0) is 17.7. The van der Waals surface area contributed by atoms with Crippen molar-refractivity contribution in [1.29, 1.82) is 0 Å². The summed E-state index contributed by atoms with van der Waals surface area (Å²) in [7, 11) is 1.52. The maximum Gasteiger partial charge on any atom is 0.256 e. The van der Waals surface area contributed by atoms with Gasteiger partial charge in [0.25, 0.3) is 5.91 Å². The summed E-state index contributed by atoms with van der Waals surface area (Å²) < 4.78 is 19.1. The molecule has 2 N–H and O–H groups in total. The molecule has 5 nitrogen and oxygen atoms in total. The normalized spacial score (nSPS) is 21.4. The fraction of sp³-hybridized carbons (Fsp3) is 0.611. The van der Waals surface area contributed by atoms with Gasteiger partial charge in [0, 0.05) is 25.2 Å². The van der Waals surface area contributed by atoms with Gasteiger partial charge in [0.05, 0.1) is 7.11 Å². The van der Waals surface area contributed by atoms with Crippen molar-refractivity contribution in [2.45, 2.75) is 38.8 Å². The first kappa shape index (κ1) is 18.7. The van der Waals surface area contributed by atoms with E-state index in [1.807, 2.05) is 0 Å². The molecule has 1 saturated heterocycles. The van der Waals surface area contributed by atoms with Crippen molar-refractivity contribution in [3.05, 3.63) is 29.6 Å². The van der Waals surface area contributed by atoms with Crippen LogP contribution in [0.15, 0.2) is 18.2 Å². The van der Waals surface area contributed by atoms with Crippen molar-refractivity contribution in [3.63, 3.8) is 0 Å². The summed E-state index contributed by atoms with van der Waals surface area (Å²) in [5.41, 5.74) is -1.02. The number of halogens is 1. The van der Waals surface area contributed by atoms with Gasteiger partial charge in [-0.05, 0) is 43.5 Å². The number of likely N-dealkylation sites (tertiary alicyclic amines) is 1. The van der Waals surface area contributed by atoms with Gasteiger partial charge in [0.15, 0.2) is 5.60 Å². The van der Waals surface area contributed by atoms with Crippen molar-refractivity contribution in [2.24, 2.45) is 5.92 Å². The average molecular weight is 338 g/mol. The molecule has 1 aliphatic rings. The Bertz CT molecular complexity index is 579. The number of hydrogen-bond acceptors (Lipinski definition) is 4. The fourth-order valence-electron chi connectivity index (χ4n) is 2.95. The lowest BCUT2D eigenvalue weighted by atomic mass is 9.91. The Hall–Kier alpha value is -1.66. The highest BCUT2D eigenvalue weighted by atomic mass is 19.1. The number of nitrogens with zero attached hydrogens (tertiary/aromatic N) is 1. The lowest BCUT2D eigenvalue weighted by molar-refractivity contribution is -0.157. The summed E-state index contributed by atoms with van der Waals surface area (Å²) in [6.07, 6.45) is 1.12. The van der Waals surface area contributed by atoms with E-state index in [0.717, 1.165) is 6.54 Å². The molecular weight excluding hydrogens is 311 g/mol. The van der Waals surface area contributed by atoms with Crippen LogP contribution in [0.25, 0.3) is 0 Å². The van der Waals surface area contributed by atoms with Crippen LogP contribution < -0.4 is 10.1 Å². The lowest BCUT2D eigenvalue weighted by Gasteiger charge is -2.38. The minimum Gasteiger partial charge on any atom is -0.497 e. The molecule has 1 amide bonds. The number of benzene rings is 1. The highest BCUT2D eigenvalue weighted by Crippen LogP contribution is 2.25. The first-order valence-corrected chi connectivity index (χ1v) is 8.40. The second-order valence-corrected chi connectivity index (χ2v) is 6.84. The third kappa shape index (κ3) is 4.45. The van der Waals surface area contributed by atoms with Crippen molar-refractivity contribution in [1.82, 2.24) is 10.2 Å². The summed E-state index contributed by atoms with van der Waals surface area (Å²) in [5.74, 6) is 0.266. The Labute approximate surface area is 142 Å². The monoisotopic (exact) mass is 338 g/mol. The predicted molar refractivity (Wildman–Crippen MR) is 90.3 cm³/mol. The fourth-order valence-corrected chi connectivity index (χ4v) is 2.95. The molecule has 1 aromatic rings. The van der Waals surface area contributed by atoms with Crippen molar-refractivity contribution < 1.29 is 19.0 Å². The minimum absolute atomic E-state index is 0.133. The molecule has 0 bridgehead atoms. The number of hydrogen-bond donors (Lipinski definition) is 2. The highest BCUT2D eigenvalue weighted by molar-refractivity contribution is 5.86. The topological polar surface area (TPSA) is 61.8 Å². The predicted octanol–water partition coefficient (Wildman–Crippen LogP) is 1.93. The van der Waals surface area contributed by atoms with Gasteiger partial charge in [-0.25, -0.2) is 4.39 Å². The molecule has 1 atom stereocenters. The van der Waals surface area contributed by atoms with Crippen LogP contribution in [0.3, 0.4) is 0 Å². The van der Waals surface area contributed by atoms with E-state index in [9.17, 15) is 14.3 Å². The Morgan fingerprint density at radius 2 is 2.21 bits per heavy atom. The van der Waals surface area contributed by atoms with E-state index in [2.05, 4.69) is 19.2 Å². The second kappa shape index (κ2) is 7.94. The largest absolute Gasteiger partial charge is 0.497 e. The van der Waals surface area contributed by atoms with Crippen LogP contribution in [0, 0.1) is 11.7 Å². The molecule has 0 saturated carbocycles. The van der Waals surface area contributed by atoms with Gasteiger partial charge in [0.2, 0.25) is 0 Å². The third-order valence-electron chi connectivity index (χ3n) is 4.29. The van der Waals surface area contributed by atoms with Crippen LogP contribution in [0.4, 0.5) is 4.39 Å². The third-order valence-corrected chi connectivity index (χ3v) is 4.29. The molecule has 134 valence electrons. The Morgan fingerprint density at radius 1 is 1.46 bits per heavy atom. The number of amides is 1. The second-order valence-electron chi connectivity index (χ2n) is 6.84. The first-order chi connectivity index (χ1) is 11.4. The zero-order valence-electron chi connectivity index (χ0n) is 14.6. The number of carbonyl (C=O) groups excluding carboxylic acids is 1. The van der Waals surface area contributed by atoms with Crippen molar-refractivity contribution in [3.8, 4) is 5.75 Å². The molecule has 6 heteroatoms.